The van der Waals surface area contributed by atoms with E-state index in [-0.39, 0.29) is 6.10 Å². The van der Waals surface area contributed by atoms with Crippen molar-refractivity contribution in [3.63, 3.8) is 0 Å². The number of ether oxygens (including phenoxy) is 1. The van der Waals surface area contributed by atoms with Crippen molar-refractivity contribution in [1.82, 2.24) is 5.32 Å². The monoisotopic (exact) mass is 301 g/mol. The summed E-state index contributed by atoms with van der Waals surface area (Å²) in [5, 5.41) is 12.5. The molecule has 4 nitrogen and oxygen atoms in total. The topological polar surface area (TPSA) is 58.6 Å². The third-order valence-electron chi connectivity index (χ3n) is 3.92. The van der Waals surface area contributed by atoms with Crippen molar-refractivity contribution in [3.05, 3.63) is 0 Å². The number of rotatable bonds is 14. The Morgan fingerprint density at radius 3 is 2.48 bits per heavy atom. The molecule has 0 saturated heterocycles. The molecule has 0 fully saturated rings. The van der Waals surface area contributed by atoms with Crippen LogP contribution in [0.5, 0.6) is 0 Å². The number of hydrogen-bond acceptors (Lipinski definition) is 3. The summed E-state index contributed by atoms with van der Waals surface area (Å²) >= 11 is 0. The predicted molar refractivity (Wildman–Crippen MR) is 87.7 cm³/mol. The molecular weight excluding hydrogens is 266 g/mol. The van der Waals surface area contributed by atoms with Crippen LogP contribution < -0.4 is 5.32 Å². The minimum Gasteiger partial charge on any atom is -0.480 e. The second kappa shape index (κ2) is 12.0. The van der Waals surface area contributed by atoms with E-state index in [2.05, 4.69) is 19.2 Å². The molecule has 0 saturated carbocycles. The first-order valence-electron chi connectivity index (χ1n) is 8.56. The van der Waals surface area contributed by atoms with Gasteiger partial charge in [0.05, 0.1) is 6.10 Å². The van der Waals surface area contributed by atoms with E-state index in [9.17, 15) is 9.90 Å². The second-order valence-corrected chi connectivity index (χ2v) is 6.20. The molecular formula is C17H35NO3. The Kier molecular flexibility index (Phi) is 11.6. The first-order chi connectivity index (χ1) is 9.96. The molecule has 4 heteroatoms. The van der Waals surface area contributed by atoms with Crippen LogP contribution in [0.4, 0.5) is 0 Å². The highest BCUT2D eigenvalue weighted by Crippen LogP contribution is 2.14. The zero-order chi connectivity index (χ0) is 16.1. The van der Waals surface area contributed by atoms with Gasteiger partial charge in [-0.2, -0.15) is 0 Å². The molecule has 2 unspecified atom stereocenters. The Morgan fingerprint density at radius 1 is 1.19 bits per heavy atom. The Morgan fingerprint density at radius 2 is 1.90 bits per heavy atom. The Bertz CT molecular complexity index is 271. The van der Waals surface area contributed by atoms with Crippen molar-refractivity contribution in [2.24, 2.45) is 0 Å². The largest absolute Gasteiger partial charge is 0.480 e. The zero-order valence-electron chi connectivity index (χ0n) is 14.4. The van der Waals surface area contributed by atoms with Gasteiger partial charge in [0.25, 0.3) is 0 Å². The molecule has 0 aromatic carbocycles. The van der Waals surface area contributed by atoms with Crippen LogP contribution in [0, 0.1) is 0 Å². The van der Waals surface area contributed by atoms with Crippen molar-refractivity contribution in [2.45, 2.75) is 90.7 Å². The maximum atomic E-state index is 11.4. The third-order valence-corrected chi connectivity index (χ3v) is 3.92. The lowest BCUT2D eigenvalue weighted by Gasteiger charge is -2.26. The minimum atomic E-state index is -0.830. The maximum absolute atomic E-state index is 11.4. The fraction of sp³-hybridized carbons (Fsp3) is 0.941. The summed E-state index contributed by atoms with van der Waals surface area (Å²) < 4.78 is 5.78. The lowest BCUT2D eigenvalue weighted by Crippen LogP contribution is -2.49. The summed E-state index contributed by atoms with van der Waals surface area (Å²) in [6.45, 7) is 9.50. The van der Waals surface area contributed by atoms with E-state index in [1.165, 1.54) is 25.7 Å². The van der Waals surface area contributed by atoms with Gasteiger partial charge < -0.3 is 15.2 Å². The maximum Gasteiger partial charge on any atom is 0.323 e. The summed E-state index contributed by atoms with van der Waals surface area (Å²) in [7, 11) is 0. The van der Waals surface area contributed by atoms with Crippen molar-refractivity contribution < 1.29 is 14.6 Å². The molecule has 0 aliphatic heterocycles. The van der Waals surface area contributed by atoms with Crippen LogP contribution in [0.2, 0.25) is 0 Å². The Hall–Kier alpha value is -0.610. The van der Waals surface area contributed by atoms with Gasteiger partial charge in [0.2, 0.25) is 0 Å². The van der Waals surface area contributed by atoms with Gasteiger partial charge in [-0.15, -0.1) is 0 Å². The standard InChI is InChI=1S/C17H35NO3/c1-5-7-8-9-11-15(3)21-14-10-12-17(4,16(19)20)18-13-6-2/h15,18H,5-14H2,1-4H3,(H,19,20). The Balaban J connectivity index is 3.81. The lowest BCUT2D eigenvalue weighted by atomic mass is 9.96. The molecule has 0 aromatic heterocycles. The molecule has 0 aliphatic carbocycles. The van der Waals surface area contributed by atoms with Crippen LogP contribution in [-0.2, 0) is 9.53 Å². The average molecular weight is 301 g/mol. The van der Waals surface area contributed by atoms with Crippen LogP contribution >= 0.6 is 0 Å². The van der Waals surface area contributed by atoms with Gasteiger partial charge in [0.1, 0.15) is 5.54 Å². The molecule has 0 aromatic rings. The molecule has 2 atom stereocenters. The second-order valence-electron chi connectivity index (χ2n) is 6.20. The van der Waals surface area contributed by atoms with Crippen molar-refractivity contribution >= 4 is 5.97 Å². The molecule has 0 aliphatic rings. The molecule has 0 amide bonds. The number of carbonyl (C=O) groups is 1. The predicted octanol–water partition coefficient (Wildman–Crippen LogP) is 3.99. The van der Waals surface area contributed by atoms with E-state index in [0.717, 1.165) is 25.8 Å². The number of carboxylic acids is 1. The SMILES string of the molecule is CCCCCCC(C)OCCCC(C)(NCCC)C(=O)O. The summed E-state index contributed by atoms with van der Waals surface area (Å²) in [6.07, 6.45) is 8.76. The number of hydrogen-bond donors (Lipinski definition) is 2. The molecule has 2 N–H and O–H groups in total. The first-order valence-corrected chi connectivity index (χ1v) is 8.56. The van der Waals surface area contributed by atoms with Crippen LogP contribution in [0.25, 0.3) is 0 Å². The highest BCUT2D eigenvalue weighted by molar-refractivity contribution is 5.78. The zero-order valence-corrected chi connectivity index (χ0v) is 14.4. The molecule has 0 heterocycles. The molecule has 0 radical (unpaired) electrons. The normalized spacial score (nSPS) is 15.6. The van der Waals surface area contributed by atoms with Crippen molar-refractivity contribution in [1.29, 1.82) is 0 Å². The Labute approximate surface area is 130 Å². The van der Waals surface area contributed by atoms with Gasteiger partial charge in [0, 0.05) is 6.61 Å². The van der Waals surface area contributed by atoms with Crippen LogP contribution in [0.15, 0.2) is 0 Å². The smallest absolute Gasteiger partial charge is 0.323 e. The highest BCUT2D eigenvalue weighted by Gasteiger charge is 2.31. The fourth-order valence-corrected chi connectivity index (χ4v) is 2.32. The highest BCUT2D eigenvalue weighted by atomic mass is 16.5. The van der Waals surface area contributed by atoms with E-state index in [1.54, 1.807) is 6.92 Å². The van der Waals surface area contributed by atoms with Crippen LogP contribution in [0.3, 0.4) is 0 Å². The number of carboxylic acid groups (broad SMARTS) is 1. The molecule has 21 heavy (non-hydrogen) atoms. The van der Waals surface area contributed by atoms with E-state index in [1.807, 2.05) is 6.92 Å². The number of nitrogens with one attached hydrogen (secondary N) is 1. The van der Waals surface area contributed by atoms with Gasteiger partial charge in [0.15, 0.2) is 0 Å². The van der Waals surface area contributed by atoms with E-state index >= 15 is 0 Å². The summed E-state index contributed by atoms with van der Waals surface area (Å²) in [6, 6.07) is 0. The van der Waals surface area contributed by atoms with Crippen LogP contribution in [0.1, 0.15) is 79.1 Å². The van der Waals surface area contributed by atoms with Crippen LogP contribution in [-0.4, -0.2) is 35.9 Å². The number of aliphatic carboxylic acids is 1. The quantitative estimate of drug-likeness (QED) is 0.476. The molecule has 0 bridgehead atoms. The third kappa shape index (κ3) is 9.86. The van der Waals surface area contributed by atoms with E-state index in [4.69, 9.17) is 4.74 Å². The van der Waals surface area contributed by atoms with Gasteiger partial charge >= 0.3 is 5.97 Å². The number of unbranched alkanes of at least 4 members (excludes halogenated alkanes) is 3. The minimum absolute atomic E-state index is 0.279. The van der Waals surface area contributed by atoms with Gasteiger partial charge in [-0.3, -0.25) is 4.79 Å². The van der Waals surface area contributed by atoms with Crippen molar-refractivity contribution in [2.75, 3.05) is 13.2 Å². The molecule has 0 spiro atoms. The van der Waals surface area contributed by atoms with E-state index < -0.39 is 11.5 Å². The van der Waals surface area contributed by atoms with E-state index in [0.29, 0.717) is 13.0 Å². The fourth-order valence-electron chi connectivity index (χ4n) is 2.32. The summed E-state index contributed by atoms with van der Waals surface area (Å²) in [4.78, 5) is 11.4. The van der Waals surface area contributed by atoms with Gasteiger partial charge in [-0.25, -0.2) is 0 Å². The summed E-state index contributed by atoms with van der Waals surface area (Å²) in [5.74, 6) is -0.774. The first kappa shape index (κ1) is 20.4. The summed E-state index contributed by atoms with van der Waals surface area (Å²) in [5.41, 5.74) is -0.830. The molecule has 126 valence electrons. The lowest BCUT2D eigenvalue weighted by molar-refractivity contribution is -0.144. The van der Waals surface area contributed by atoms with Gasteiger partial charge in [-0.05, 0) is 46.1 Å². The van der Waals surface area contributed by atoms with Crippen molar-refractivity contribution in [3.8, 4) is 0 Å². The van der Waals surface area contributed by atoms with Gasteiger partial charge in [-0.1, -0.05) is 39.5 Å². The molecule has 0 rings (SSSR count). The average Bonchev–Trinajstić information content (AvgIpc) is 2.46.